The Kier molecular flexibility index (Phi) is 4.16. The maximum Gasteiger partial charge on any atom is 0.193 e. The van der Waals surface area contributed by atoms with Gasteiger partial charge in [-0.25, -0.2) is 0 Å². The van der Waals surface area contributed by atoms with Crippen molar-refractivity contribution in [2.45, 2.75) is 0 Å². The molecule has 2 aromatic carbocycles. The van der Waals surface area contributed by atoms with Crippen LogP contribution in [0.15, 0.2) is 99.0 Å². The summed E-state index contributed by atoms with van der Waals surface area (Å²) in [5.74, 6) is 0.606. The highest BCUT2D eigenvalue weighted by Gasteiger charge is 2.05. The summed E-state index contributed by atoms with van der Waals surface area (Å²) in [7, 11) is 0. The summed E-state index contributed by atoms with van der Waals surface area (Å²) < 4.78 is 10.3. The zero-order valence-electron chi connectivity index (χ0n) is 11.8. The Morgan fingerprint density at radius 2 is 1.41 bits per heavy atom. The molecule has 0 amide bonds. The van der Waals surface area contributed by atoms with Gasteiger partial charge in [-0.05, 0) is 24.3 Å². The molecule has 4 aromatic rings. The molecule has 0 aliphatic heterocycles. The third-order valence-corrected chi connectivity index (χ3v) is 3.12. The van der Waals surface area contributed by atoms with Crippen molar-refractivity contribution in [1.82, 2.24) is 0 Å². The van der Waals surface area contributed by atoms with Crippen LogP contribution in [-0.2, 0) is 0 Å². The third kappa shape index (κ3) is 3.15. The summed E-state index contributed by atoms with van der Waals surface area (Å²) in [5.41, 5.74) is 1.53. The number of rotatable bonds is 1. The van der Waals surface area contributed by atoms with E-state index in [1.807, 2.05) is 60.7 Å². The van der Waals surface area contributed by atoms with E-state index in [2.05, 4.69) is 4.42 Å². The second-order valence-corrected chi connectivity index (χ2v) is 4.63. The molecule has 0 aliphatic rings. The fraction of sp³-hybridized carbons (Fsp3) is 0. The smallest absolute Gasteiger partial charge is 0.193 e. The van der Waals surface area contributed by atoms with Crippen molar-refractivity contribution >= 4 is 11.0 Å². The van der Waals surface area contributed by atoms with E-state index in [-0.39, 0.29) is 5.43 Å². The van der Waals surface area contributed by atoms with E-state index in [9.17, 15) is 4.79 Å². The first-order valence-corrected chi connectivity index (χ1v) is 6.90. The van der Waals surface area contributed by atoms with Gasteiger partial charge in [0.1, 0.15) is 11.3 Å². The minimum Gasteiger partial charge on any atom is -0.473 e. The highest BCUT2D eigenvalue weighted by atomic mass is 16.3. The first kappa shape index (κ1) is 13.9. The Morgan fingerprint density at radius 3 is 2.09 bits per heavy atom. The second kappa shape index (κ2) is 6.59. The summed E-state index contributed by atoms with van der Waals surface area (Å²) in [6.07, 6.45) is 3.25. The summed E-state index contributed by atoms with van der Waals surface area (Å²) >= 11 is 0. The highest BCUT2D eigenvalue weighted by Crippen LogP contribution is 2.21. The lowest BCUT2D eigenvalue weighted by Gasteiger charge is -2.02. The topological polar surface area (TPSA) is 43.4 Å². The quantitative estimate of drug-likeness (QED) is 0.508. The molecule has 0 saturated carbocycles. The molecule has 2 heterocycles. The van der Waals surface area contributed by atoms with Crippen LogP contribution in [0.4, 0.5) is 0 Å². The first-order valence-electron chi connectivity index (χ1n) is 6.90. The van der Waals surface area contributed by atoms with Crippen LogP contribution in [0, 0.1) is 0 Å². The molecular formula is C19H14O3. The fourth-order valence-electron chi connectivity index (χ4n) is 2.08. The van der Waals surface area contributed by atoms with Gasteiger partial charge < -0.3 is 8.83 Å². The summed E-state index contributed by atoms with van der Waals surface area (Å²) in [4.78, 5) is 11.9. The monoisotopic (exact) mass is 290 g/mol. The molecule has 0 bridgehead atoms. The van der Waals surface area contributed by atoms with Crippen LogP contribution in [0.1, 0.15) is 0 Å². The van der Waals surface area contributed by atoms with Gasteiger partial charge in [0.05, 0.1) is 17.9 Å². The Balaban J connectivity index is 0.000000246. The van der Waals surface area contributed by atoms with E-state index in [0.717, 1.165) is 5.56 Å². The van der Waals surface area contributed by atoms with Crippen LogP contribution in [0.25, 0.3) is 22.3 Å². The van der Waals surface area contributed by atoms with Gasteiger partial charge in [0.15, 0.2) is 5.43 Å². The zero-order valence-corrected chi connectivity index (χ0v) is 11.8. The van der Waals surface area contributed by atoms with Gasteiger partial charge in [-0.3, -0.25) is 4.79 Å². The summed E-state index contributed by atoms with van der Waals surface area (Å²) in [6, 6.07) is 22.1. The molecule has 3 nitrogen and oxygen atoms in total. The van der Waals surface area contributed by atoms with E-state index in [4.69, 9.17) is 4.42 Å². The van der Waals surface area contributed by atoms with E-state index in [1.54, 1.807) is 18.6 Å². The molecule has 0 radical (unpaired) electrons. The predicted octanol–water partition coefficient (Wildman–Crippen LogP) is 4.74. The largest absolute Gasteiger partial charge is 0.473 e. The molecule has 0 spiro atoms. The zero-order chi connectivity index (χ0) is 15.2. The molecule has 4 rings (SSSR count). The maximum atomic E-state index is 11.9. The molecule has 0 unspecified atom stereocenters. The predicted molar refractivity (Wildman–Crippen MR) is 86.6 cm³/mol. The van der Waals surface area contributed by atoms with Gasteiger partial charge >= 0.3 is 0 Å². The lowest BCUT2D eigenvalue weighted by molar-refractivity contribution is 0.567. The van der Waals surface area contributed by atoms with Crippen LogP contribution in [-0.4, -0.2) is 0 Å². The van der Waals surface area contributed by atoms with Crippen molar-refractivity contribution in [3.8, 4) is 11.3 Å². The summed E-state index contributed by atoms with van der Waals surface area (Å²) in [6.45, 7) is 0. The molecule has 2 aromatic heterocycles. The third-order valence-electron chi connectivity index (χ3n) is 3.12. The molecule has 0 aliphatic carbocycles. The fourth-order valence-corrected chi connectivity index (χ4v) is 2.08. The van der Waals surface area contributed by atoms with Crippen molar-refractivity contribution in [2.24, 2.45) is 0 Å². The van der Waals surface area contributed by atoms with E-state index >= 15 is 0 Å². The van der Waals surface area contributed by atoms with Gasteiger partial charge in [0, 0.05) is 11.6 Å². The lowest BCUT2D eigenvalue weighted by Crippen LogP contribution is -1.99. The standard InChI is InChI=1S/C15H10O2.C4H4O/c16-13-10-15(11-6-2-1-3-7-11)17-14-9-5-4-8-12(13)14;1-2-4-5-3-1/h1-10H;1-4H. The SMILES string of the molecule is O=c1cc(-c2ccccc2)oc2ccccc12.c1ccoc1. The van der Waals surface area contributed by atoms with Gasteiger partial charge in [0.25, 0.3) is 0 Å². The number of furan rings is 1. The van der Waals surface area contributed by atoms with Gasteiger partial charge in [-0.15, -0.1) is 0 Å². The van der Waals surface area contributed by atoms with E-state index < -0.39 is 0 Å². The number of fused-ring (bicyclic) bond motifs is 1. The molecular weight excluding hydrogens is 276 g/mol. The van der Waals surface area contributed by atoms with E-state index in [1.165, 1.54) is 6.07 Å². The minimum atomic E-state index is -0.00861. The average molecular weight is 290 g/mol. The molecule has 108 valence electrons. The Labute approximate surface area is 127 Å². The molecule has 22 heavy (non-hydrogen) atoms. The molecule has 0 N–H and O–H groups in total. The molecule has 0 atom stereocenters. The highest BCUT2D eigenvalue weighted by molar-refractivity contribution is 5.78. The van der Waals surface area contributed by atoms with Gasteiger partial charge in [-0.2, -0.15) is 0 Å². The van der Waals surface area contributed by atoms with Crippen LogP contribution in [0.5, 0.6) is 0 Å². The lowest BCUT2D eigenvalue weighted by atomic mass is 10.1. The van der Waals surface area contributed by atoms with E-state index in [0.29, 0.717) is 16.7 Å². The van der Waals surface area contributed by atoms with Gasteiger partial charge in [-0.1, -0.05) is 42.5 Å². The van der Waals surface area contributed by atoms with Crippen LogP contribution >= 0.6 is 0 Å². The molecule has 3 heteroatoms. The molecule has 0 fully saturated rings. The second-order valence-electron chi connectivity index (χ2n) is 4.63. The maximum absolute atomic E-state index is 11.9. The minimum absolute atomic E-state index is 0.00861. The van der Waals surface area contributed by atoms with Crippen LogP contribution < -0.4 is 5.43 Å². The van der Waals surface area contributed by atoms with Crippen molar-refractivity contribution in [3.05, 3.63) is 95.5 Å². The Hall–Kier alpha value is -3.07. The van der Waals surface area contributed by atoms with Crippen LogP contribution in [0.2, 0.25) is 0 Å². The van der Waals surface area contributed by atoms with Crippen molar-refractivity contribution in [1.29, 1.82) is 0 Å². The number of para-hydroxylation sites is 1. The number of hydrogen-bond acceptors (Lipinski definition) is 3. The van der Waals surface area contributed by atoms with Crippen molar-refractivity contribution in [2.75, 3.05) is 0 Å². The average Bonchev–Trinajstić information content (AvgIpc) is 3.15. The normalized spacial score (nSPS) is 10.0. The summed E-state index contributed by atoms with van der Waals surface area (Å²) in [5, 5.41) is 0.618. The Bertz CT molecular complexity index is 874. The van der Waals surface area contributed by atoms with Crippen molar-refractivity contribution < 1.29 is 8.83 Å². The number of hydrogen-bond donors (Lipinski definition) is 0. The van der Waals surface area contributed by atoms with Gasteiger partial charge in [0.2, 0.25) is 0 Å². The Morgan fingerprint density at radius 1 is 0.727 bits per heavy atom. The molecule has 0 saturated heterocycles. The first-order chi connectivity index (χ1) is 10.8. The number of benzene rings is 2. The van der Waals surface area contributed by atoms with Crippen LogP contribution in [0.3, 0.4) is 0 Å². The van der Waals surface area contributed by atoms with Crippen molar-refractivity contribution in [3.63, 3.8) is 0 Å².